The summed E-state index contributed by atoms with van der Waals surface area (Å²) in [6, 6.07) is 3.68. The Kier molecular flexibility index (Phi) is 3.92. The summed E-state index contributed by atoms with van der Waals surface area (Å²) in [5.74, 6) is 0.586. The number of ether oxygens (including phenoxy) is 1. The summed E-state index contributed by atoms with van der Waals surface area (Å²) < 4.78 is 6.11. The summed E-state index contributed by atoms with van der Waals surface area (Å²) in [6.45, 7) is 0.387. The molecule has 1 amide bonds. The molecule has 3 rings (SSSR count). The molecule has 114 valence electrons. The van der Waals surface area contributed by atoms with Crippen LogP contribution in [0.1, 0.15) is 5.01 Å². The number of carboxylic acid groups (broad SMARTS) is 1. The van der Waals surface area contributed by atoms with Gasteiger partial charge in [0.05, 0.1) is 17.5 Å². The number of hydrogen-bond acceptors (Lipinski definition) is 7. The predicted molar refractivity (Wildman–Crippen MR) is 86.8 cm³/mol. The molecule has 0 radical (unpaired) electrons. The molecule has 0 unspecified atom stereocenters. The lowest BCUT2D eigenvalue weighted by molar-refractivity contribution is 0.209. The van der Waals surface area contributed by atoms with E-state index in [-0.39, 0.29) is 0 Å². The van der Waals surface area contributed by atoms with Crippen LogP contribution in [0.15, 0.2) is 17.5 Å². The van der Waals surface area contributed by atoms with Gasteiger partial charge in [-0.3, -0.25) is 5.32 Å². The van der Waals surface area contributed by atoms with Crippen LogP contribution < -0.4 is 15.8 Å². The quantitative estimate of drug-likeness (QED) is 0.675. The summed E-state index contributed by atoms with van der Waals surface area (Å²) >= 11 is 2.73. The Balaban J connectivity index is 2.17. The van der Waals surface area contributed by atoms with Crippen molar-refractivity contribution < 1.29 is 14.6 Å². The van der Waals surface area contributed by atoms with Gasteiger partial charge in [0.1, 0.15) is 16.3 Å². The molecule has 0 fully saturated rings. The summed E-state index contributed by atoms with van der Waals surface area (Å²) in [4.78, 5) is 19.6. The number of carbonyl (C=O) groups is 1. The molecule has 3 aromatic rings. The second-order valence-corrected chi connectivity index (χ2v) is 6.21. The zero-order valence-electron chi connectivity index (χ0n) is 11.5. The third-order valence-corrected chi connectivity index (χ3v) is 4.82. The monoisotopic (exact) mass is 336 g/mol. The third-order valence-electron chi connectivity index (χ3n) is 2.94. The first kappa shape index (κ1) is 14.7. The fourth-order valence-electron chi connectivity index (χ4n) is 2.02. The number of thiazole rings is 2. The molecule has 2 heterocycles. The Bertz CT molecular complexity index is 843. The van der Waals surface area contributed by atoms with Crippen molar-refractivity contribution in [1.29, 1.82) is 0 Å². The minimum atomic E-state index is -1.15. The zero-order valence-corrected chi connectivity index (χ0v) is 13.1. The molecule has 0 aliphatic rings. The van der Waals surface area contributed by atoms with Crippen molar-refractivity contribution in [3.63, 3.8) is 0 Å². The second-order valence-electron chi connectivity index (χ2n) is 4.27. The van der Waals surface area contributed by atoms with Crippen molar-refractivity contribution in [2.24, 2.45) is 5.73 Å². The van der Waals surface area contributed by atoms with Crippen molar-refractivity contribution in [3.8, 4) is 17.0 Å². The van der Waals surface area contributed by atoms with E-state index in [2.05, 4.69) is 15.3 Å². The molecule has 0 bridgehead atoms. The van der Waals surface area contributed by atoms with Gasteiger partial charge in [0.2, 0.25) is 0 Å². The maximum absolute atomic E-state index is 10.8. The van der Waals surface area contributed by atoms with Crippen LogP contribution in [0.3, 0.4) is 0 Å². The molecule has 0 aliphatic carbocycles. The molecule has 2 aromatic heterocycles. The van der Waals surface area contributed by atoms with Gasteiger partial charge >= 0.3 is 6.09 Å². The van der Waals surface area contributed by atoms with Crippen LogP contribution in [0.5, 0.6) is 5.75 Å². The lowest BCUT2D eigenvalue weighted by atomic mass is 10.1. The van der Waals surface area contributed by atoms with Gasteiger partial charge in [-0.1, -0.05) is 11.3 Å². The number of rotatable bonds is 4. The average molecular weight is 336 g/mol. The first-order valence-electron chi connectivity index (χ1n) is 6.24. The Labute approximate surface area is 133 Å². The van der Waals surface area contributed by atoms with Crippen LogP contribution in [-0.4, -0.2) is 28.3 Å². The highest BCUT2D eigenvalue weighted by Crippen LogP contribution is 2.39. The Morgan fingerprint density at radius 3 is 2.91 bits per heavy atom. The summed E-state index contributed by atoms with van der Waals surface area (Å²) in [6.07, 6.45) is -1.15. The Morgan fingerprint density at radius 2 is 2.27 bits per heavy atom. The number of aromatic nitrogens is 2. The van der Waals surface area contributed by atoms with Gasteiger partial charge in [-0.2, -0.15) is 0 Å². The topological polar surface area (TPSA) is 110 Å². The summed E-state index contributed by atoms with van der Waals surface area (Å²) in [7, 11) is 1.55. The molecule has 4 N–H and O–H groups in total. The minimum Gasteiger partial charge on any atom is -0.494 e. The van der Waals surface area contributed by atoms with Crippen LogP contribution in [0.2, 0.25) is 0 Å². The lowest BCUT2D eigenvalue weighted by Gasteiger charge is -2.03. The maximum atomic E-state index is 10.8. The maximum Gasteiger partial charge on any atom is 0.410 e. The van der Waals surface area contributed by atoms with Gasteiger partial charge in [0, 0.05) is 17.5 Å². The number of benzene rings is 1. The average Bonchev–Trinajstić information content (AvgIpc) is 3.11. The van der Waals surface area contributed by atoms with E-state index in [1.165, 1.54) is 22.7 Å². The van der Waals surface area contributed by atoms with Crippen LogP contribution in [0.25, 0.3) is 21.5 Å². The molecule has 0 saturated carbocycles. The van der Waals surface area contributed by atoms with Crippen LogP contribution in [-0.2, 0) is 6.54 Å². The van der Waals surface area contributed by atoms with Gasteiger partial charge in [0.25, 0.3) is 0 Å². The largest absolute Gasteiger partial charge is 0.494 e. The summed E-state index contributed by atoms with van der Waals surface area (Å²) in [5, 5.41) is 14.2. The zero-order chi connectivity index (χ0) is 15.7. The Morgan fingerprint density at radius 1 is 1.45 bits per heavy atom. The predicted octanol–water partition coefficient (Wildman–Crippen LogP) is 2.98. The fraction of sp³-hybridized carbons (Fsp3) is 0.154. The van der Waals surface area contributed by atoms with Crippen molar-refractivity contribution in [2.75, 3.05) is 12.4 Å². The van der Waals surface area contributed by atoms with E-state index in [0.717, 1.165) is 21.0 Å². The number of nitrogens with two attached hydrogens (primary N) is 1. The first-order valence-corrected chi connectivity index (χ1v) is 7.94. The van der Waals surface area contributed by atoms with Gasteiger partial charge in [-0.15, -0.1) is 11.3 Å². The number of hydrogen-bond donors (Lipinski definition) is 3. The van der Waals surface area contributed by atoms with E-state index in [1.807, 2.05) is 11.4 Å². The minimum absolute atomic E-state index is 0.294. The van der Waals surface area contributed by atoms with E-state index < -0.39 is 6.09 Å². The smallest absolute Gasteiger partial charge is 0.410 e. The van der Waals surface area contributed by atoms with Crippen LogP contribution >= 0.6 is 22.7 Å². The molecule has 9 heteroatoms. The molecule has 1 aromatic carbocycles. The van der Waals surface area contributed by atoms with Gasteiger partial charge in [0.15, 0.2) is 5.13 Å². The molecular weight excluding hydrogens is 324 g/mol. The molecule has 7 nitrogen and oxygen atoms in total. The highest BCUT2D eigenvalue weighted by atomic mass is 32.1. The van der Waals surface area contributed by atoms with E-state index in [1.54, 1.807) is 13.2 Å². The van der Waals surface area contributed by atoms with Crippen molar-refractivity contribution in [1.82, 2.24) is 9.97 Å². The lowest BCUT2D eigenvalue weighted by Crippen LogP contribution is -2.06. The molecule has 0 atom stereocenters. The summed E-state index contributed by atoms with van der Waals surface area (Å²) in [5.41, 5.74) is 7.88. The molecule has 22 heavy (non-hydrogen) atoms. The SMILES string of the molecule is COc1ccc(-c2csc(CN)n2)c2sc(NC(=O)O)nc12. The van der Waals surface area contributed by atoms with E-state index in [9.17, 15) is 4.79 Å². The number of methoxy groups -OCH3 is 1. The van der Waals surface area contributed by atoms with Gasteiger partial charge in [-0.05, 0) is 12.1 Å². The van der Waals surface area contributed by atoms with Crippen LogP contribution in [0, 0.1) is 0 Å². The number of nitrogens with zero attached hydrogens (tertiary/aromatic N) is 2. The standard InChI is InChI=1S/C13H12N4O3S2/c1-20-8-3-2-6(7-5-21-9(4-14)15-7)11-10(8)16-12(22-11)17-13(18)19/h2-3,5H,4,14H2,1H3,(H,16,17)(H,18,19). The van der Waals surface area contributed by atoms with Crippen LogP contribution in [0.4, 0.5) is 9.93 Å². The van der Waals surface area contributed by atoms with E-state index in [0.29, 0.717) is 22.9 Å². The number of amides is 1. The highest BCUT2D eigenvalue weighted by Gasteiger charge is 2.16. The van der Waals surface area contributed by atoms with E-state index in [4.69, 9.17) is 15.6 Å². The van der Waals surface area contributed by atoms with Crippen molar-refractivity contribution in [2.45, 2.75) is 6.54 Å². The highest BCUT2D eigenvalue weighted by molar-refractivity contribution is 7.23. The van der Waals surface area contributed by atoms with Crippen molar-refractivity contribution in [3.05, 3.63) is 22.5 Å². The number of anilines is 1. The second kappa shape index (κ2) is 5.87. The molecule has 0 saturated heterocycles. The third kappa shape index (κ3) is 2.61. The van der Waals surface area contributed by atoms with Gasteiger partial charge in [-0.25, -0.2) is 14.8 Å². The normalized spacial score (nSPS) is 10.8. The van der Waals surface area contributed by atoms with E-state index >= 15 is 0 Å². The molecular formula is C13H12N4O3S2. The van der Waals surface area contributed by atoms with Gasteiger partial charge < -0.3 is 15.6 Å². The number of nitrogens with one attached hydrogen (secondary N) is 1. The van der Waals surface area contributed by atoms with Crippen molar-refractivity contribution >= 4 is 44.1 Å². The first-order chi connectivity index (χ1) is 10.6. The Hall–Kier alpha value is -2.23. The molecule has 0 spiro atoms. The fourth-order valence-corrected chi connectivity index (χ4v) is 3.69. The molecule has 0 aliphatic heterocycles. The number of fused-ring (bicyclic) bond motifs is 1.